The highest BCUT2D eigenvalue weighted by molar-refractivity contribution is 5.75. The van der Waals surface area contributed by atoms with Crippen LogP contribution in [-0.2, 0) is 0 Å². The van der Waals surface area contributed by atoms with Crippen LogP contribution in [0.1, 0.15) is 32.1 Å². The van der Waals surface area contributed by atoms with Gasteiger partial charge in [-0.25, -0.2) is 13.8 Å². The molecule has 0 spiro atoms. The van der Waals surface area contributed by atoms with Crippen LogP contribution in [0.25, 0.3) is 11.2 Å². The van der Waals surface area contributed by atoms with Crippen LogP contribution in [0.3, 0.4) is 0 Å². The summed E-state index contributed by atoms with van der Waals surface area (Å²) in [5, 5.41) is 5.96. The standard InChI is InChI=1S/C17H18F2N6/c18-11-7-4-8-12(19)14(11)23-17-22-13-9-20-16(24-15(13)25-17)21-10-5-2-1-3-6-10/h4,7-10H,1-3,5-6H2,(H3,20,21,22,23,24,25). The number of nitrogens with zero attached hydrogens (tertiary/aromatic N) is 3. The zero-order valence-electron chi connectivity index (χ0n) is 13.5. The minimum absolute atomic E-state index is 0.211. The summed E-state index contributed by atoms with van der Waals surface area (Å²) in [5.74, 6) is -0.643. The van der Waals surface area contributed by atoms with Gasteiger partial charge in [-0.3, -0.25) is 0 Å². The minimum Gasteiger partial charge on any atom is -0.351 e. The van der Waals surface area contributed by atoms with Gasteiger partial charge in [0.15, 0.2) is 5.65 Å². The molecule has 0 radical (unpaired) electrons. The van der Waals surface area contributed by atoms with Crippen molar-refractivity contribution in [2.24, 2.45) is 0 Å². The number of fused-ring (bicyclic) bond motifs is 1. The van der Waals surface area contributed by atoms with E-state index in [0.717, 1.165) is 12.8 Å². The second-order valence-electron chi connectivity index (χ2n) is 6.22. The Hall–Kier alpha value is -2.77. The first-order chi connectivity index (χ1) is 12.2. The summed E-state index contributed by atoms with van der Waals surface area (Å²) in [4.78, 5) is 15.8. The Morgan fingerprint density at radius 1 is 1.04 bits per heavy atom. The Morgan fingerprint density at radius 3 is 2.56 bits per heavy atom. The van der Waals surface area contributed by atoms with Gasteiger partial charge in [-0.15, -0.1) is 0 Å². The highest BCUT2D eigenvalue weighted by atomic mass is 19.1. The first-order valence-corrected chi connectivity index (χ1v) is 8.39. The molecule has 0 aliphatic heterocycles. The van der Waals surface area contributed by atoms with Crippen LogP contribution in [-0.4, -0.2) is 26.0 Å². The van der Waals surface area contributed by atoms with E-state index >= 15 is 0 Å². The number of aromatic amines is 1. The van der Waals surface area contributed by atoms with Gasteiger partial charge in [-0.1, -0.05) is 25.3 Å². The maximum absolute atomic E-state index is 13.7. The van der Waals surface area contributed by atoms with Gasteiger partial charge in [0, 0.05) is 6.04 Å². The average Bonchev–Trinajstić information content (AvgIpc) is 3.01. The molecule has 6 nitrogen and oxygen atoms in total. The first-order valence-electron chi connectivity index (χ1n) is 8.39. The third-order valence-corrected chi connectivity index (χ3v) is 4.38. The van der Waals surface area contributed by atoms with Crippen molar-refractivity contribution in [1.82, 2.24) is 19.9 Å². The van der Waals surface area contributed by atoms with E-state index in [2.05, 4.69) is 30.6 Å². The molecule has 0 bridgehead atoms. The van der Waals surface area contributed by atoms with E-state index in [1.165, 1.54) is 37.5 Å². The Labute approximate surface area is 143 Å². The van der Waals surface area contributed by atoms with E-state index in [0.29, 0.717) is 23.2 Å². The first kappa shape index (κ1) is 15.7. The Bertz CT molecular complexity index is 868. The van der Waals surface area contributed by atoms with E-state index in [4.69, 9.17) is 0 Å². The van der Waals surface area contributed by atoms with Crippen LogP contribution in [0.2, 0.25) is 0 Å². The van der Waals surface area contributed by atoms with Crippen molar-refractivity contribution in [3.63, 3.8) is 0 Å². The van der Waals surface area contributed by atoms with Crippen molar-refractivity contribution >= 4 is 28.7 Å². The lowest BCUT2D eigenvalue weighted by Gasteiger charge is -2.22. The minimum atomic E-state index is -0.689. The highest BCUT2D eigenvalue weighted by Crippen LogP contribution is 2.24. The summed E-state index contributed by atoms with van der Waals surface area (Å²) in [5.41, 5.74) is 0.774. The average molecular weight is 344 g/mol. The summed E-state index contributed by atoms with van der Waals surface area (Å²) in [6.45, 7) is 0. The summed E-state index contributed by atoms with van der Waals surface area (Å²) >= 11 is 0. The topological polar surface area (TPSA) is 78.5 Å². The molecule has 1 aliphatic rings. The molecule has 1 saturated carbocycles. The Balaban J connectivity index is 1.55. The molecule has 2 aromatic heterocycles. The molecule has 0 saturated heterocycles. The normalized spacial score (nSPS) is 15.4. The van der Waals surface area contributed by atoms with Gasteiger partial charge < -0.3 is 15.6 Å². The van der Waals surface area contributed by atoms with Crippen molar-refractivity contribution in [2.45, 2.75) is 38.1 Å². The zero-order valence-corrected chi connectivity index (χ0v) is 13.5. The van der Waals surface area contributed by atoms with Gasteiger partial charge in [0.05, 0.1) is 6.20 Å². The number of rotatable bonds is 4. The Morgan fingerprint density at radius 2 is 1.80 bits per heavy atom. The highest BCUT2D eigenvalue weighted by Gasteiger charge is 2.15. The summed E-state index contributed by atoms with van der Waals surface area (Å²) in [6, 6.07) is 4.05. The third-order valence-electron chi connectivity index (χ3n) is 4.38. The van der Waals surface area contributed by atoms with Crippen molar-refractivity contribution in [2.75, 3.05) is 10.6 Å². The molecular formula is C17H18F2N6. The van der Waals surface area contributed by atoms with Crippen molar-refractivity contribution in [3.05, 3.63) is 36.0 Å². The van der Waals surface area contributed by atoms with E-state index < -0.39 is 11.6 Å². The molecule has 0 unspecified atom stereocenters. The molecule has 0 atom stereocenters. The van der Waals surface area contributed by atoms with E-state index in [1.807, 2.05) is 0 Å². The summed E-state index contributed by atoms with van der Waals surface area (Å²) in [7, 11) is 0. The second-order valence-corrected chi connectivity index (χ2v) is 6.22. The van der Waals surface area contributed by atoms with Crippen LogP contribution in [0, 0.1) is 11.6 Å². The lowest BCUT2D eigenvalue weighted by Crippen LogP contribution is -2.23. The molecule has 2 heterocycles. The maximum atomic E-state index is 13.7. The second kappa shape index (κ2) is 6.62. The molecule has 3 N–H and O–H groups in total. The summed E-state index contributed by atoms with van der Waals surface area (Å²) in [6.07, 6.45) is 7.54. The summed E-state index contributed by atoms with van der Waals surface area (Å²) < 4.78 is 27.5. The van der Waals surface area contributed by atoms with Gasteiger partial charge in [-0.05, 0) is 25.0 Å². The lowest BCUT2D eigenvalue weighted by atomic mass is 9.96. The molecule has 25 heavy (non-hydrogen) atoms. The van der Waals surface area contributed by atoms with E-state index in [1.54, 1.807) is 6.20 Å². The molecule has 1 aliphatic carbocycles. The van der Waals surface area contributed by atoms with Crippen LogP contribution in [0.5, 0.6) is 0 Å². The van der Waals surface area contributed by atoms with E-state index in [-0.39, 0.29) is 11.6 Å². The third kappa shape index (κ3) is 3.38. The molecule has 8 heteroatoms. The van der Waals surface area contributed by atoms with Gasteiger partial charge in [0.1, 0.15) is 22.8 Å². The molecule has 1 aromatic carbocycles. The molecule has 130 valence electrons. The van der Waals surface area contributed by atoms with Crippen LogP contribution >= 0.6 is 0 Å². The van der Waals surface area contributed by atoms with Gasteiger partial charge in [0.25, 0.3) is 0 Å². The molecule has 1 fully saturated rings. The van der Waals surface area contributed by atoms with Crippen molar-refractivity contribution in [1.29, 1.82) is 0 Å². The predicted molar refractivity (Wildman–Crippen MR) is 91.8 cm³/mol. The number of H-pyrrole nitrogens is 1. The predicted octanol–water partition coefficient (Wildman–Crippen LogP) is 4.12. The van der Waals surface area contributed by atoms with Gasteiger partial charge >= 0.3 is 0 Å². The molecular weight excluding hydrogens is 326 g/mol. The zero-order chi connectivity index (χ0) is 17.2. The van der Waals surface area contributed by atoms with Crippen LogP contribution in [0.4, 0.5) is 26.4 Å². The van der Waals surface area contributed by atoms with Gasteiger partial charge in [0.2, 0.25) is 11.9 Å². The van der Waals surface area contributed by atoms with Crippen molar-refractivity contribution < 1.29 is 8.78 Å². The number of anilines is 3. The molecule has 0 amide bonds. The number of nitrogens with one attached hydrogen (secondary N) is 3. The van der Waals surface area contributed by atoms with E-state index in [9.17, 15) is 8.78 Å². The lowest BCUT2D eigenvalue weighted by molar-refractivity contribution is 0.461. The Kier molecular flexibility index (Phi) is 4.17. The van der Waals surface area contributed by atoms with Crippen molar-refractivity contribution in [3.8, 4) is 0 Å². The van der Waals surface area contributed by atoms with Crippen LogP contribution < -0.4 is 10.6 Å². The number of benzene rings is 1. The number of imidazole rings is 1. The number of hydrogen-bond acceptors (Lipinski definition) is 5. The number of halogens is 2. The molecule has 3 aromatic rings. The van der Waals surface area contributed by atoms with Crippen LogP contribution in [0.15, 0.2) is 24.4 Å². The number of para-hydroxylation sites is 1. The maximum Gasteiger partial charge on any atom is 0.225 e. The largest absolute Gasteiger partial charge is 0.351 e. The molecule has 4 rings (SSSR count). The quantitative estimate of drug-likeness (QED) is 0.663. The van der Waals surface area contributed by atoms with Gasteiger partial charge in [-0.2, -0.15) is 9.97 Å². The number of aromatic nitrogens is 4. The smallest absolute Gasteiger partial charge is 0.225 e. The fourth-order valence-electron chi connectivity index (χ4n) is 3.10. The fourth-order valence-corrected chi connectivity index (χ4v) is 3.10. The SMILES string of the molecule is Fc1cccc(F)c1Nc1nc2nc(NC3CCCCC3)ncc2[nH]1. The number of hydrogen-bond donors (Lipinski definition) is 3. The monoisotopic (exact) mass is 344 g/mol. The fraction of sp³-hybridized carbons (Fsp3) is 0.353.